The second-order valence-electron chi connectivity index (χ2n) is 5.49. The van der Waals surface area contributed by atoms with Crippen molar-refractivity contribution in [1.29, 1.82) is 0 Å². The van der Waals surface area contributed by atoms with Crippen LogP contribution in [0.4, 0.5) is 4.79 Å². The van der Waals surface area contributed by atoms with Gasteiger partial charge in [-0.05, 0) is 25.0 Å². The predicted octanol–water partition coefficient (Wildman–Crippen LogP) is 1.82. The van der Waals surface area contributed by atoms with Crippen LogP contribution in [0.1, 0.15) is 36.0 Å². The molecule has 2 fully saturated rings. The maximum atomic E-state index is 12.3. The third kappa shape index (κ3) is 2.99. The lowest BCUT2D eigenvalue weighted by molar-refractivity contribution is -0.127. The van der Waals surface area contributed by atoms with E-state index in [0.717, 1.165) is 37.4 Å². The first-order chi connectivity index (χ1) is 10.7. The molecule has 1 N–H and O–H groups in total. The molecule has 7 heteroatoms. The van der Waals surface area contributed by atoms with E-state index in [1.54, 1.807) is 24.5 Å². The summed E-state index contributed by atoms with van der Waals surface area (Å²) < 4.78 is 0. The van der Waals surface area contributed by atoms with Gasteiger partial charge < -0.3 is 5.32 Å². The van der Waals surface area contributed by atoms with Crippen LogP contribution in [-0.4, -0.2) is 44.8 Å². The minimum Gasteiger partial charge on any atom is -0.347 e. The predicted molar refractivity (Wildman–Crippen MR) is 82.4 cm³/mol. The number of hydrogen-bond acceptors (Lipinski definition) is 5. The van der Waals surface area contributed by atoms with Crippen LogP contribution >= 0.6 is 11.8 Å². The summed E-state index contributed by atoms with van der Waals surface area (Å²) in [6.07, 6.45) is 6.62. The Labute approximate surface area is 132 Å². The number of nitrogens with one attached hydrogen (secondary N) is 1. The van der Waals surface area contributed by atoms with Crippen LogP contribution in [0.2, 0.25) is 0 Å². The van der Waals surface area contributed by atoms with Gasteiger partial charge in [-0.25, -0.2) is 0 Å². The number of carbonyl (C=O) groups is 3. The number of aromatic nitrogens is 1. The molecule has 116 valence electrons. The number of nitrogens with zero attached hydrogens (tertiary/aromatic N) is 2. The number of amides is 3. The molecule has 0 bridgehead atoms. The summed E-state index contributed by atoms with van der Waals surface area (Å²) in [5.74, 6) is -0.128. The largest absolute Gasteiger partial charge is 0.347 e. The molecule has 1 aromatic heterocycles. The number of carbonyl (C=O) groups excluding carboxylic acids is 3. The van der Waals surface area contributed by atoms with E-state index in [1.165, 1.54) is 4.90 Å². The zero-order chi connectivity index (χ0) is 15.5. The summed E-state index contributed by atoms with van der Waals surface area (Å²) in [6.45, 7) is 0. The summed E-state index contributed by atoms with van der Waals surface area (Å²) in [6, 6.07) is 2.89. The third-order valence-electron chi connectivity index (χ3n) is 4.10. The molecule has 2 unspecified atom stereocenters. The number of hydrogen-bond donors (Lipinski definition) is 1. The van der Waals surface area contributed by atoms with Gasteiger partial charge in [0, 0.05) is 18.0 Å². The maximum absolute atomic E-state index is 12.3. The molecule has 2 atom stereocenters. The van der Waals surface area contributed by atoms with Crippen molar-refractivity contribution in [2.45, 2.75) is 37.8 Å². The van der Waals surface area contributed by atoms with Crippen LogP contribution in [0.3, 0.4) is 0 Å². The third-order valence-corrected chi connectivity index (χ3v) is 4.94. The molecule has 1 saturated carbocycles. The van der Waals surface area contributed by atoms with Crippen LogP contribution in [0.5, 0.6) is 0 Å². The van der Waals surface area contributed by atoms with Crippen molar-refractivity contribution in [3.05, 3.63) is 30.1 Å². The van der Waals surface area contributed by atoms with E-state index in [0.29, 0.717) is 5.56 Å². The second kappa shape index (κ2) is 6.48. The number of imide groups is 1. The Kier molecular flexibility index (Phi) is 4.42. The molecular formula is C15H17N3O3S. The van der Waals surface area contributed by atoms with Crippen LogP contribution in [0.15, 0.2) is 24.5 Å². The van der Waals surface area contributed by atoms with Crippen LogP contribution in [0.25, 0.3) is 0 Å². The van der Waals surface area contributed by atoms with Crippen LogP contribution < -0.4 is 5.32 Å². The molecule has 3 rings (SSSR count). The van der Waals surface area contributed by atoms with Gasteiger partial charge in [-0.15, -0.1) is 0 Å². The smallest absolute Gasteiger partial charge is 0.289 e. The fourth-order valence-corrected chi connectivity index (χ4v) is 3.79. The van der Waals surface area contributed by atoms with E-state index < -0.39 is 0 Å². The molecule has 1 aromatic rings. The Morgan fingerprint density at radius 3 is 2.64 bits per heavy atom. The van der Waals surface area contributed by atoms with E-state index in [1.807, 2.05) is 0 Å². The van der Waals surface area contributed by atoms with Gasteiger partial charge in [0.1, 0.15) is 0 Å². The fraction of sp³-hybridized carbons (Fsp3) is 0.467. The Morgan fingerprint density at radius 2 is 1.95 bits per heavy atom. The highest BCUT2D eigenvalue weighted by atomic mass is 32.2. The first-order valence-corrected chi connectivity index (χ1v) is 8.35. The molecular weight excluding hydrogens is 302 g/mol. The Bertz CT molecular complexity index is 577. The van der Waals surface area contributed by atoms with Crippen molar-refractivity contribution in [2.24, 2.45) is 0 Å². The normalized spacial score (nSPS) is 25.4. The van der Waals surface area contributed by atoms with E-state index in [-0.39, 0.29) is 34.9 Å². The zero-order valence-corrected chi connectivity index (χ0v) is 12.8. The van der Waals surface area contributed by atoms with Gasteiger partial charge >= 0.3 is 0 Å². The lowest BCUT2D eigenvalue weighted by Crippen LogP contribution is -2.54. The lowest BCUT2D eigenvalue weighted by Gasteiger charge is -2.36. The Hall–Kier alpha value is -1.89. The molecule has 2 aliphatic rings. The average Bonchev–Trinajstić information content (AvgIpc) is 2.88. The molecule has 0 aromatic carbocycles. The van der Waals surface area contributed by atoms with Gasteiger partial charge in [0.05, 0.1) is 17.8 Å². The molecule has 3 amide bonds. The van der Waals surface area contributed by atoms with Crippen molar-refractivity contribution in [3.8, 4) is 0 Å². The minimum atomic E-state index is -0.227. The lowest BCUT2D eigenvalue weighted by atomic mass is 9.89. The van der Waals surface area contributed by atoms with Crippen molar-refractivity contribution in [1.82, 2.24) is 15.2 Å². The first-order valence-electron chi connectivity index (χ1n) is 7.36. The van der Waals surface area contributed by atoms with Crippen LogP contribution in [-0.2, 0) is 4.79 Å². The van der Waals surface area contributed by atoms with Crippen molar-refractivity contribution >= 4 is 28.8 Å². The monoisotopic (exact) mass is 319 g/mol. The number of rotatable bonds is 3. The SMILES string of the molecule is O=C(NC1CCCCC1N1C(=O)CSC1=O)c1ccncc1. The molecule has 6 nitrogen and oxygen atoms in total. The van der Waals surface area contributed by atoms with Gasteiger partial charge in [-0.3, -0.25) is 24.3 Å². The topological polar surface area (TPSA) is 79.4 Å². The quantitative estimate of drug-likeness (QED) is 0.919. The summed E-state index contributed by atoms with van der Waals surface area (Å²) in [4.78, 5) is 41.4. The molecule has 1 aliphatic heterocycles. The fourth-order valence-electron chi connectivity index (χ4n) is 3.03. The highest BCUT2D eigenvalue weighted by molar-refractivity contribution is 8.14. The highest BCUT2D eigenvalue weighted by Crippen LogP contribution is 2.30. The standard InChI is InChI=1S/C15H17N3O3S/c19-13-9-22-15(21)18(13)12-4-2-1-3-11(12)17-14(20)10-5-7-16-8-6-10/h5-8,11-12H,1-4,9H2,(H,17,20). The molecule has 22 heavy (non-hydrogen) atoms. The zero-order valence-electron chi connectivity index (χ0n) is 12.0. The first kappa shape index (κ1) is 15.0. The number of thioether (sulfide) groups is 1. The van der Waals surface area contributed by atoms with E-state index in [4.69, 9.17) is 0 Å². The minimum absolute atomic E-state index is 0.148. The molecule has 1 aliphatic carbocycles. The van der Waals surface area contributed by atoms with Gasteiger partial charge in [0.15, 0.2) is 0 Å². The van der Waals surface area contributed by atoms with Crippen molar-refractivity contribution in [2.75, 3.05) is 5.75 Å². The maximum Gasteiger partial charge on any atom is 0.289 e. The van der Waals surface area contributed by atoms with Gasteiger partial charge in [-0.2, -0.15) is 0 Å². The Balaban J connectivity index is 1.74. The summed E-state index contributed by atoms with van der Waals surface area (Å²) in [5.41, 5.74) is 0.535. The van der Waals surface area contributed by atoms with Gasteiger partial charge in [0.25, 0.3) is 11.1 Å². The summed E-state index contributed by atoms with van der Waals surface area (Å²) in [7, 11) is 0. The van der Waals surface area contributed by atoms with Gasteiger partial charge in [0.2, 0.25) is 5.91 Å². The van der Waals surface area contributed by atoms with E-state index in [2.05, 4.69) is 10.3 Å². The Morgan fingerprint density at radius 1 is 1.23 bits per heavy atom. The van der Waals surface area contributed by atoms with E-state index in [9.17, 15) is 14.4 Å². The molecule has 2 heterocycles. The summed E-state index contributed by atoms with van der Waals surface area (Å²) >= 11 is 1.04. The summed E-state index contributed by atoms with van der Waals surface area (Å²) in [5, 5.41) is 2.79. The highest BCUT2D eigenvalue weighted by Gasteiger charge is 2.41. The van der Waals surface area contributed by atoms with Crippen LogP contribution in [0, 0.1) is 0 Å². The van der Waals surface area contributed by atoms with Crippen molar-refractivity contribution < 1.29 is 14.4 Å². The van der Waals surface area contributed by atoms with Gasteiger partial charge in [-0.1, -0.05) is 24.6 Å². The molecule has 0 radical (unpaired) electrons. The average molecular weight is 319 g/mol. The number of pyridine rings is 1. The molecule has 0 spiro atoms. The van der Waals surface area contributed by atoms with Crippen molar-refractivity contribution in [3.63, 3.8) is 0 Å². The van der Waals surface area contributed by atoms with E-state index >= 15 is 0 Å². The molecule has 1 saturated heterocycles. The second-order valence-corrected chi connectivity index (χ2v) is 6.41.